The highest BCUT2D eigenvalue weighted by Crippen LogP contribution is 2.10. The van der Waals surface area contributed by atoms with Crippen LogP contribution >= 0.6 is 0 Å². The predicted molar refractivity (Wildman–Crippen MR) is 53.2 cm³/mol. The first-order valence-electron chi connectivity index (χ1n) is 4.54. The molecule has 5 nitrogen and oxygen atoms in total. The van der Waals surface area contributed by atoms with Crippen molar-refractivity contribution in [3.05, 3.63) is 22.2 Å². The number of aromatic nitrogens is 4. The van der Waals surface area contributed by atoms with E-state index >= 15 is 0 Å². The second-order valence-corrected chi connectivity index (χ2v) is 3.24. The van der Waals surface area contributed by atoms with Gasteiger partial charge >= 0.3 is 0 Å². The highest BCUT2D eigenvalue weighted by atomic mass is 16.1. The van der Waals surface area contributed by atoms with Crippen molar-refractivity contribution >= 4 is 10.9 Å². The van der Waals surface area contributed by atoms with Crippen molar-refractivity contribution in [2.75, 3.05) is 0 Å². The Morgan fingerprint density at radius 3 is 2.86 bits per heavy atom. The Morgan fingerprint density at radius 1 is 1.50 bits per heavy atom. The standard InChI is InChI=1S/C9H12N4O/c1-4-13-9(14)8-7(5-10-13)6(2)12(3)11-8/h5H,4H2,1-3H3. The van der Waals surface area contributed by atoms with E-state index < -0.39 is 0 Å². The minimum absolute atomic E-state index is 0.117. The van der Waals surface area contributed by atoms with Crippen molar-refractivity contribution in [2.24, 2.45) is 7.05 Å². The summed E-state index contributed by atoms with van der Waals surface area (Å²) >= 11 is 0. The van der Waals surface area contributed by atoms with Gasteiger partial charge in [0.05, 0.1) is 6.20 Å². The molecule has 0 aliphatic carbocycles. The average molecular weight is 192 g/mol. The molecule has 2 rings (SSSR count). The van der Waals surface area contributed by atoms with E-state index in [1.165, 1.54) is 4.68 Å². The number of nitrogens with zero attached hydrogens (tertiary/aromatic N) is 4. The maximum absolute atomic E-state index is 11.7. The molecule has 0 bridgehead atoms. The van der Waals surface area contributed by atoms with Gasteiger partial charge in [0.2, 0.25) is 0 Å². The molecular weight excluding hydrogens is 180 g/mol. The molecule has 0 saturated carbocycles. The van der Waals surface area contributed by atoms with Gasteiger partial charge in [0.1, 0.15) is 0 Å². The first kappa shape index (κ1) is 8.93. The quantitative estimate of drug-likeness (QED) is 0.659. The minimum Gasteiger partial charge on any atom is -0.271 e. The summed E-state index contributed by atoms with van der Waals surface area (Å²) in [5.74, 6) is 0. The van der Waals surface area contributed by atoms with E-state index in [9.17, 15) is 4.79 Å². The topological polar surface area (TPSA) is 52.7 Å². The molecule has 0 atom stereocenters. The summed E-state index contributed by atoms with van der Waals surface area (Å²) in [4.78, 5) is 11.7. The van der Waals surface area contributed by atoms with E-state index in [0.29, 0.717) is 12.1 Å². The first-order valence-corrected chi connectivity index (χ1v) is 4.54. The molecule has 0 fully saturated rings. The monoisotopic (exact) mass is 192 g/mol. The summed E-state index contributed by atoms with van der Waals surface area (Å²) in [6, 6.07) is 0. The molecule has 2 heterocycles. The molecule has 0 aliphatic rings. The zero-order valence-electron chi connectivity index (χ0n) is 8.48. The van der Waals surface area contributed by atoms with Crippen molar-refractivity contribution in [3.63, 3.8) is 0 Å². The molecule has 5 heteroatoms. The lowest BCUT2D eigenvalue weighted by atomic mass is 10.3. The Kier molecular flexibility index (Phi) is 1.87. The van der Waals surface area contributed by atoms with E-state index in [1.807, 2.05) is 20.9 Å². The van der Waals surface area contributed by atoms with Crippen molar-refractivity contribution in [1.29, 1.82) is 0 Å². The van der Waals surface area contributed by atoms with E-state index in [2.05, 4.69) is 10.2 Å². The van der Waals surface area contributed by atoms with Gasteiger partial charge in [-0.25, -0.2) is 4.68 Å². The summed E-state index contributed by atoms with van der Waals surface area (Å²) in [6.45, 7) is 4.38. The molecule has 0 aliphatic heterocycles. The molecule has 0 radical (unpaired) electrons. The van der Waals surface area contributed by atoms with Gasteiger partial charge in [0.25, 0.3) is 5.56 Å². The molecule has 0 amide bonds. The van der Waals surface area contributed by atoms with Crippen LogP contribution in [0.25, 0.3) is 10.9 Å². The van der Waals surface area contributed by atoms with Gasteiger partial charge in [0.15, 0.2) is 5.52 Å². The Labute approximate surface area is 81.0 Å². The van der Waals surface area contributed by atoms with Crippen molar-refractivity contribution in [2.45, 2.75) is 20.4 Å². The van der Waals surface area contributed by atoms with Gasteiger partial charge < -0.3 is 0 Å². The zero-order chi connectivity index (χ0) is 10.3. The predicted octanol–water partition coefficient (Wildman–Crippen LogP) is 0.458. The summed E-state index contributed by atoms with van der Waals surface area (Å²) in [5, 5.41) is 9.05. The molecule has 0 saturated heterocycles. The van der Waals surface area contributed by atoms with E-state index in [4.69, 9.17) is 0 Å². The lowest BCUT2D eigenvalue weighted by Gasteiger charge is -1.97. The molecule has 0 aromatic carbocycles. The molecular formula is C9H12N4O. The van der Waals surface area contributed by atoms with Crippen molar-refractivity contribution in [3.8, 4) is 0 Å². The molecule has 2 aromatic rings. The van der Waals surface area contributed by atoms with Gasteiger partial charge in [-0.05, 0) is 13.8 Å². The van der Waals surface area contributed by atoms with Crippen molar-refractivity contribution < 1.29 is 0 Å². The smallest absolute Gasteiger partial charge is 0.271 e. The molecule has 2 aromatic heterocycles. The van der Waals surface area contributed by atoms with Gasteiger partial charge in [-0.1, -0.05) is 0 Å². The van der Waals surface area contributed by atoms with Gasteiger partial charge in [-0.2, -0.15) is 10.2 Å². The summed E-state index contributed by atoms with van der Waals surface area (Å²) < 4.78 is 3.11. The Balaban J connectivity index is 2.91. The zero-order valence-corrected chi connectivity index (χ0v) is 8.48. The molecule has 0 spiro atoms. The van der Waals surface area contributed by atoms with Crippen LogP contribution in [0, 0.1) is 6.92 Å². The van der Waals surface area contributed by atoms with E-state index in [1.54, 1.807) is 10.9 Å². The SMILES string of the molecule is CCn1ncc2c(C)n(C)nc2c1=O. The van der Waals surface area contributed by atoms with Gasteiger partial charge in [0, 0.05) is 24.7 Å². The van der Waals surface area contributed by atoms with Crippen LogP contribution in [0.2, 0.25) is 0 Å². The number of hydrogen-bond acceptors (Lipinski definition) is 3. The first-order chi connectivity index (χ1) is 6.65. The van der Waals surface area contributed by atoms with Crippen LogP contribution in [0.4, 0.5) is 0 Å². The molecule has 14 heavy (non-hydrogen) atoms. The maximum Gasteiger partial charge on any atom is 0.295 e. The van der Waals surface area contributed by atoms with Crippen LogP contribution in [-0.2, 0) is 13.6 Å². The normalized spacial score (nSPS) is 11.1. The Morgan fingerprint density at radius 2 is 2.21 bits per heavy atom. The molecule has 0 unspecified atom stereocenters. The average Bonchev–Trinajstić information content (AvgIpc) is 2.46. The summed E-state index contributed by atoms with van der Waals surface area (Å²) in [7, 11) is 1.82. The fraction of sp³-hybridized carbons (Fsp3) is 0.444. The Bertz CT molecular complexity index is 537. The van der Waals surface area contributed by atoms with Gasteiger partial charge in [-0.3, -0.25) is 9.48 Å². The van der Waals surface area contributed by atoms with Crippen LogP contribution in [0.5, 0.6) is 0 Å². The van der Waals surface area contributed by atoms with Crippen LogP contribution in [0.1, 0.15) is 12.6 Å². The highest BCUT2D eigenvalue weighted by Gasteiger charge is 2.09. The lowest BCUT2D eigenvalue weighted by Crippen LogP contribution is -2.21. The van der Waals surface area contributed by atoms with Crippen molar-refractivity contribution in [1.82, 2.24) is 19.6 Å². The van der Waals surface area contributed by atoms with E-state index in [-0.39, 0.29) is 5.56 Å². The van der Waals surface area contributed by atoms with Crippen LogP contribution in [-0.4, -0.2) is 19.6 Å². The van der Waals surface area contributed by atoms with Crippen LogP contribution < -0.4 is 5.56 Å². The largest absolute Gasteiger partial charge is 0.295 e. The fourth-order valence-electron chi connectivity index (χ4n) is 1.46. The third kappa shape index (κ3) is 1.05. The number of rotatable bonds is 1. The fourth-order valence-corrected chi connectivity index (χ4v) is 1.46. The van der Waals surface area contributed by atoms with E-state index in [0.717, 1.165) is 11.1 Å². The lowest BCUT2D eigenvalue weighted by molar-refractivity contribution is 0.621. The Hall–Kier alpha value is -1.65. The number of fused-ring (bicyclic) bond motifs is 1. The second-order valence-electron chi connectivity index (χ2n) is 3.24. The second kappa shape index (κ2) is 2.94. The molecule has 74 valence electrons. The van der Waals surface area contributed by atoms with Crippen LogP contribution in [0.3, 0.4) is 0 Å². The maximum atomic E-state index is 11.7. The number of hydrogen-bond donors (Lipinski definition) is 0. The molecule has 0 N–H and O–H groups in total. The van der Waals surface area contributed by atoms with Crippen LogP contribution in [0.15, 0.2) is 11.0 Å². The summed E-state index contributed by atoms with van der Waals surface area (Å²) in [6.07, 6.45) is 1.70. The summed E-state index contributed by atoms with van der Waals surface area (Å²) in [5.41, 5.74) is 1.35. The minimum atomic E-state index is -0.117. The third-order valence-electron chi connectivity index (χ3n) is 2.44. The highest BCUT2D eigenvalue weighted by molar-refractivity contribution is 5.79. The number of aryl methyl sites for hydroxylation is 3. The third-order valence-corrected chi connectivity index (χ3v) is 2.44. The van der Waals surface area contributed by atoms with Gasteiger partial charge in [-0.15, -0.1) is 0 Å².